The van der Waals surface area contributed by atoms with Crippen LogP contribution in [0.4, 0.5) is 0 Å². The topological polar surface area (TPSA) is 26.3 Å². The number of allylic oxidation sites excluding steroid dienone is 1. The van der Waals surface area contributed by atoms with Crippen molar-refractivity contribution >= 4 is 12.0 Å². The summed E-state index contributed by atoms with van der Waals surface area (Å²) >= 11 is 0. The van der Waals surface area contributed by atoms with Crippen molar-refractivity contribution in [2.24, 2.45) is 17.8 Å². The first-order chi connectivity index (χ1) is 9.97. The molecular formula is C19H26O2. The number of hydrogen-bond acceptors (Lipinski definition) is 2. The monoisotopic (exact) mass is 286 g/mol. The smallest absolute Gasteiger partial charge is 0.314 e. The van der Waals surface area contributed by atoms with Gasteiger partial charge in [-0.2, -0.15) is 0 Å². The molecule has 1 aliphatic rings. The maximum atomic E-state index is 12.4. The lowest BCUT2D eigenvalue weighted by Crippen LogP contribution is -2.26. The molecule has 1 atom stereocenters. The third-order valence-electron chi connectivity index (χ3n) is 4.04. The minimum absolute atomic E-state index is 0.0269. The summed E-state index contributed by atoms with van der Waals surface area (Å²) in [5.74, 6) is 1.37. The Morgan fingerprint density at radius 2 is 2.00 bits per heavy atom. The Balaban J connectivity index is 2.09. The zero-order chi connectivity index (χ0) is 15.4. The number of aryl methyl sites for hydroxylation is 1. The average Bonchev–Trinajstić information content (AvgIpc) is 2.44. The molecule has 0 heterocycles. The lowest BCUT2D eigenvalue weighted by Gasteiger charge is -2.21. The van der Waals surface area contributed by atoms with Crippen LogP contribution >= 0.6 is 0 Å². The molecule has 0 saturated heterocycles. The van der Waals surface area contributed by atoms with Gasteiger partial charge in [-0.3, -0.25) is 4.79 Å². The molecule has 0 spiro atoms. The number of hydrogen-bond donors (Lipinski definition) is 0. The van der Waals surface area contributed by atoms with Crippen molar-refractivity contribution in [1.82, 2.24) is 0 Å². The molecule has 0 N–H and O–H groups in total. The molecule has 0 bridgehead atoms. The van der Waals surface area contributed by atoms with Crippen molar-refractivity contribution in [3.63, 3.8) is 0 Å². The number of rotatable bonds is 5. The minimum Gasteiger partial charge on any atom is -0.426 e. The number of benzene rings is 1. The van der Waals surface area contributed by atoms with Gasteiger partial charge in [-0.15, -0.1) is 0 Å². The van der Waals surface area contributed by atoms with Gasteiger partial charge in [0.2, 0.25) is 0 Å². The van der Waals surface area contributed by atoms with Crippen molar-refractivity contribution in [3.8, 4) is 5.75 Å². The molecule has 1 aromatic carbocycles. The van der Waals surface area contributed by atoms with E-state index in [1.54, 1.807) is 0 Å². The Labute approximate surface area is 128 Å². The number of esters is 1. The van der Waals surface area contributed by atoms with Gasteiger partial charge in [0.15, 0.2) is 0 Å². The first-order valence-electron chi connectivity index (χ1n) is 7.98. The van der Waals surface area contributed by atoms with E-state index in [4.69, 9.17) is 4.74 Å². The molecule has 0 amide bonds. The molecule has 0 saturated carbocycles. The van der Waals surface area contributed by atoms with E-state index in [0.717, 1.165) is 19.3 Å². The molecule has 0 aromatic heterocycles. The Morgan fingerprint density at radius 1 is 1.24 bits per heavy atom. The molecule has 0 fully saturated rings. The molecule has 2 heteroatoms. The van der Waals surface area contributed by atoms with E-state index in [0.29, 0.717) is 17.6 Å². The Bertz CT molecular complexity index is 526. The van der Waals surface area contributed by atoms with Crippen LogP contribution in [0.5, 0.6) is 5.75 Å². The predicted molar refractivity (Wildman–Crippen MR) is 87.2 cm³/mol. The van der Waals surface area contributed by atoms with Crippen LogP contribution in [0.3, 0.4) is 0 Å². The molecule has 114 valence electrons. The van der Waals surface area contributed by atoms with Gasteiger partial charge in [-0.1, -0.05) is 45.9 Å². The Morgan fingerprint density at radius 3 is 2.67 bits per heavy atom. The highest BCUT2D eigenvalue weighted by Gasteiger charge is 2.25. The molecule has 21 heavy (non-hydrogen) atoms. The number of ether oxygens (including phenoxy) is 1. The molecule has 2 nitrogen and oxygen atoms in total. The fourth-order valence-corrected chi connectivity index (χ4v) is 2.81. The van der Waals surface area contributed by atoms with Gasteiger partial charge in [-0.05, 0) is 54.4 Å². The number of carbonyl (C=O) groups excluding carboxylic acids is 1. The van der Waals surface area contributed by atoms with E-state index >= 15 is 0 Å². The SMILES string of the molecule is CC(C)CC(C(=O)Oc1ccc2c(c1)CCC=C2)C(C)C. The second-order valence-electron chi connectivity index (χ2n) is 6.70. The minimum atomic E-state index is -0.0926. The van der Waals surface area contributed by atoms with Gasteiger partial charge in [0.05, 0.1) is 5.92 Å². The highest BCUT2D eigenvalue weighted by molar-refractivity contribution is 5.75. The van der Waals surface area contributed by atoms with Crippen LogP contribution in [0.2, 0.25) is 0 Å². The Hall–Kier alpha value is -1.57. The van der Waals surface area contributed by atoms with E-state index < -0.39 is 0 Å². The van der Waals surface area contributed by atoms with Crippen molar-refractivity contribution in [3.05, 3.63) is 35.4 Å². The normalized spacial score (nSPS) is 15.1. The number of fused-ring (bicyclic) bond motifs is 1. The summed E-state index contributed by atoms with van der Waals surface area (Å²) in [6, 6.07) is 5.96. The van der Waals surface area contributed by atoms with Crippen LogP contribution in [0, 0.1) is 17.8 Å². The third kappa shape index (κ3) is 4.20. The lowest BCUT2D eigenvalue weighted by molar-refractivity contribution is -0.141. The molecule has 0 radical (unpaired) electrons. The van der Waals surface area contributed by atoms with Gasteiger partial charge in [0.25, 0.3) is 0 Å². The van der Waals surface area contributed by atoms with Crippen LogP contribution < -0.4 is 4.74 Å². The quantitative estimate of drug-likeness (QED) is 0.570. The maximum Gasteiger partial charge on any atom is 0.314 e. The first kappa shape index (κ1) is 15.8. The van der Waals surface area contributed by atoms with Crippen molar-refractivity contribution in [2.75, 3.05) is 0 Å². The van der Waals surface area contributed by atoms with Crippen LogP contribution in [0.25, 0.3) is 6.08 Å². The maximum absolute atomic E-state index is 12.4. The van der Waals surface area contributed by atoms with Gasteiger partial charge in [0, 0.05) is 0 Å². The third-order valence-corrected chi connectivity index (χ3v) is 4.04. The van der Waals surface area contributed by atoms with Gasteiger partial charge < -0.3 is 4.74 Å². The van der Waals surface area contributed by atoms with E-state index in [1.807, 2.05) is 18.2 Å². The fourth-order valence-electron chi connectivity index (χ4n) is 2.81. The average molecular weight is 286 g/mol. The molecule has 0 aliphatic heterocycles. The van der Waals surface area contributed by atoms with Gasteiger partial charge in [0.1, 0.15) is 5.75 Å². The highest BCUT2D eigenvalue weighted by atomic mass is 16.5. The lowest BCUT2D eigenvalue weighted by atomic mass is 9.88. The van der Waals surface area contributed by atoms with Crippen LogP contribution in [-0.4, -0.2) is 5.97 Å². The molecule has 1 aromatic rings. The molecule has 1 aliphatic carbocycles. The van der Waals surface area contributed by atoms with Crippen molar-refractivity contribution in [1.29, 1.82) is 0 Å². The summed E-state index contributed by atoms with van der Waals surface area (Å²) in [5.41, 5.74) is 2.51. The standard InChI is InChI=1S/C19H26O2/c1-13(2)11-18(14(3)4)19(20)21-17-10-9-15-7-5-6-8-16(15)12-17/h5,7,9-10,12-14,18H,6,8,11H2,1-4H3. The van der Waals surface area contributed by atoms with Crippen molar-refractivity contribution in [2.45, 2.75) is 47.0 Å². The van der Waals surface area contributed by atoms with E-state index in [9.17, 15) is 4.79 Å². The predicted octanol–water partition coefficient (Wildman–Crippen LogP) is 4.87. The zero-order valence-corrected chi connectivity index (χ0v) is 13.6. The molecule has 2 rings (SSSR count). The summed E-state index contributed by atoms with van der Waals surface area (Å²) in [7, 11) is 0. The van der Waals surface area contributed by atoms with Crippen LogP contribution in [0.1, 0.15) is 51.7 Å². The summed E-state index contributed by atoms with van der Waals surface area (Å²) in [4.78, 5) is 12.4. The van der Waals surface area contributed by atoms with E-state index in [-0.39, 0.29) is 11.9 Å². The fraction of sp³-hybridized carbons (Fsp3) is 0.526. The second-order valence-corrected chi connectivity index (χ2v) is 6.70. The summed E-state index contributed by atoms with van der Waals surface area (Å²) in [5, 5.41) is 0. The largest absolute Gasteiger partial charge is 0.426 e. The van der Waals surface area contributed by atoms with Gasteiger partial charge >= 0.3 is 5.97 Å². The molecule has 1 unspecified atom stereocenters. The van der Waals surface area contributed by atoms with E-state index in [2.05, 4.69) is 39.8 Å². The summed E-state index contributed by atoms with van der Waals surface area (Å²) in [6.07, 6.45) is 7.29. The van der Waals surface area contributed by atoms with Crippen molar-refractivity contribution < 1.29 is 9.53 Å². The van der Waals surface area contributed by atoms with Gasteiger partial charge in [-0.25, -0.2) is 0 Å². The number of carbonyl (C=O) groups is 1. The van der Waals surface area contributed by atoms with Crippen LogP contribution in [0.15, 0.2) is 24.3 Å². The van der Waals surface area contributed by atoms with Crippen LogP contribution in [-0.2, 0) is 11.2 Å². The highest BCUT2D eigenvalue weighted by Crippen LogP contribution is 2.27. The first-order valence-corrected chi connectivity index (χ1v) is 7.98. The second kappa shape index (κ2) is 6.93. The zero-order valence-electron chi connectivity index (χ0n) is 13.6. The summed E-state index contributed by atoms with van der Waals surface area (Å²) in [6.45, 7) is 8.47. The summed E-state index contributed by atoms with van der Waals surface area (Å²) < 4.78 is 5.64. The Kier molecular flexibility index (Phi) is 5.22. The van der Waals surface area contributed by atoms with E-state index in [1.165, 1.54) is 11.1 Å². The molecular weight excluding hydrogens is 260 g/mol.